The van der Waals surface area contributed by atoms with Crippen LogP contribution in [0, 0.1) is 5.92 Å². The summed E-state index contributed by atoms with van der Waals surface area (Å²) in [6, 6.07) is 17.2. The molecule has 0 radical (unpaired) electrons. The normalized spacial score (nSPS) is 14.1. The number of anilines is 1. The standard InChI is InChI=1S/C25H24ClN3O3/c1-17-11-13-29(14-12-17)25(31)18-5-8-22(9-6-18)32-23-10-7-21(16-27-23)28-24(30)19-3-2-4-20(26)15-19/h2-10,15-17H,11-14H2,1H3,(H,28,30). The number of amides is 2. The summed E-state index contributed by atoms with van der Waals surface area (Å²) in [4.78, 5) is 31.1. The zero-order chi connectivity index (χ0) is 22.5. The Morgan fingerprint density at radius 2 is 1.78 bits per heavy atom. The zero-order valence-corrected chi connectivity index (χ0v) is 18.5. The lowest BCUT2D eigenvalue weighted by Gasteiger charge is -2.30. The molecule has 0 aliphatic carbocycles. The van der Waals surface area contributed by atoms with Crippen LogP contribution in [0.3, 0.4) is 0 Å². The van der Waals surface area contributed by atoms with Crippen molar-refractivity contribution in [3.63, 3.8) is 0 Å². The third-order valence-electron chi connectivity index (χ3n) is 5.48. The molecule has 3 aromatic rings. The Bertz CT molecular complexity index is 1090. The molecule has 1 fully saturated rings. The monoisotopic (exact) mass is 449 g/mol. The van der Waals surface area contributed by atoms with Gasteiger partial charge in [-0.25, -0.2) is 4.98 Å². The molecular weight excluding hydrogens is 426 g/mol. The first-order chi connectivity index (χ1) is 15.5. The van der Waals surface area contributed by atoms with E-state index in [0.29, 0.717) is 39.4 Å². The maximum atomic E-state index is 12.7. The number of nitrogens with one attached hydrogen (secondary N) is 1. The van der Waals surface area contributed by atoms with Crippen molar-refractivity contribution in [1.82, 2.24) is 9.88 Å². The van der Waals surface area contributed by atoms with E-state index < -0.39 is 0 Å². The Morgan fingerprint density at radius 1 is 1.03 bits per heavy atom. The van der Waals surface area contributed by atoms with Gasteiger partial charge in [0.15, 0.2) is 0 Å². The minimum atomic E-state index is -0.272. The average Bonchev–Trinajstić information content (AvgIpc) is 2.81. The number of piperidine rings is 1. The smallest absolute Gasteiger partial charge is 0.255 e. The van der Waals surface area contributed by atoms with E-state index in [-0.39, 0.29) is 11.8 Å². The van der Waals surface area contributed by atoms with E-state index in [9.17, 15) is 9.59 Å². The van der Waals surface area contributed by atoms with Gasteiger partial charge in [0.25, 0.3) is 11.8 Å². The largest absolute Gasteiger partial charge is 0.439 e. The summed E-state index contributed by atoms with van der Waals surface area (Å²) < 4.78 is 5.77. The van der Waals surface area contributed by atoms with Crippen LogP contribution in [-0.2, 0) is 0 Å². The number of ether oxygens (including phenoxy) is 1. The number of carbonyl (C=O) groups excluding carboxylic acids is 2. The van der Waals surface area contributed by atoms with Gasteiger partial charge in [-0.1, -0.05) is 24.6 Å². The Balaban J connectivity index is 1.34. The van der Waals surface area contributed by atoms with Gasteiger partial charge in [0, 0.05) is 35.3 Å². The van der Waals surface area contributed by atoms with Gasteiger partial charge in [0.1, 0.15) is 5.75 Å². The van der Waals surface area contributed by atoms with Gasteiger partial charge in [-0.15, -0.1) is 0 Å². The van der Waals surface area contributed by atoms with Crippen molar-refractivity contribution in [2.24, 2.45) is 5.92 Å². The average molecular weight is 450 g/mol. The number of pyridine rings is 1. The Labute approximate surface area is 192 Å². The fourth-order valence-electron chi connectivity index (χ4n) is 3.53. The summed E-state index contributed by atoms with van der Waals surface area (Å²) in [5, 5.41) is 3.27. The van der Waals surface area contributed by atoms with E-state index in [4.69, 9.17) is 16.3 Å². The number of benzene rings is 2. The number of rotatable bonds is 5. The van der Waals surface area contributed by atoms with Crippen LogP contribution in [0.1, 0.15) is 40.5 Å². The third kappa shape index (κ3) is 5.45. The fourth-order valence-corrected chi connectivity index (χ4v) is 3.72. The van der Waals surface area contributed by atoms with Crippen molar-refractivity contribution in [3.8, 4) is 11.6 Å². The first-order valence-corrected chi connectivity index (χ1v) is 11.0. The first-order valence-electron chi connectivity index (χ1n) is 10.6. The zero-order valence-electron chi connectivity index (χ0n) is 17.8. The Hall–Kier alpha value is -3.38. The molecule has 6 nitrogen and oxygen atoms in total. The summed E-state index contributed by atoms with van der Waals surface area (Å²) in [7, 11) is 0. The molecule has 1 aliphatic rings. The van der Waals surface area contributed by atoms with Crippen molar-refractivity contribution in [1.29, 1.82) is 0 Å². The quantitative estimate of drug-likeness (QED) is 0.546. The molecule has 32 heavy (non-hydrogen) atoms. The molecule has 7 heteroatoms. The summed E-state index contributed by atoms with van der Waals surface area (Å²) in [6.07, 6.45) is 3.62. The van der Waals surface area contributed by atoms with Crippen LogP contribution < -0.4 is 10.1 Å². The highest BCUT2D eigenvalue weighted by Gasteiger charge is 2.21. The number of likely N-dealkylation sites (tertiary alicyclic amines) is 1. The first kappa shape index (κ1) is 21.8. The molecule has 0 unspecified atom stereocenters. The molecule has 0 spiro atoms. The number of carbonyl (C=O) groups is 2. The van der Waals surface area contributed by atoms with Gasteiger partial charge in [-0.3, -0.25) is 9.59 Å². The summed E-state index contributed by atoms with van der Waals surface area (Å²) >= 11 is 5.93. The Kier molecular flexibility index (Phi) is 6.71. The summed E-state index contributed by atoms with van der Waals surface area (Å²) in [6.45, 7) is 3.84. The molecule has 0 saturated carbocycles. The topological polar surface area (TPSA) is 71.5 Å². The second-order valence-electron chi connectivity index (χ2n) is 7.95. The third-order valence-corrected chi connectivity index (χ3v) is 5.71. The molecule has 2 amide bonds. The molecule has 1 N–H and O–H groups in total. The highest BCUT2D eigenvalue weighted by Crippen LogP contribution is 2.23. The molecule has 1 saturated heterocycles. The molecule has 2 heterocycles. The second kappa shape index (κ2) is 9.83. The minimum Gasteiger partial charge on any atom is -0.439 e. The van der Waals surface area contributed by atoms with Crippen LogP contribution in [0.4, 0.5) is 5.69 Å². The van der Waals surface area contributed by atoms with Gasteiger partial charge in [-0.2, -0.15) is 0 Å². The molecule has 4 rings (SSSR count). The maximum Gasteiger partial charge on any atom is 0.255 e. The van der Waals surface area contributed by atoms with Crippen LogP contribution in [-0.4, -0.2) is 34.8 Å². The van der Waals surface area contributed by atoms with Crippen molar-refractivity contribution in [3.05, 3.63) is 83.0 Å². The van der Waals surface area contributed by atoms with Gasteiger partial charge in [0.05, 0.1) is 11.9 Å². The van der Waals surface area contributed by atoms with Crippen LogP contribution in [0.25, 0.3) is 0 Å². The number of halogens is 1. The van der Waals surface area contributed by atoms with Gasteiger partial charge in [0.2, 0.25) is 5.88 Å². The predicted molar refractivity (Wildman–Crippen MR) is 124 cm³/mol. The number of nitrogens with zero attached hydrogens (tertiary/aromatic N) is 2. The van der Waals surface area contributed by atoms with Crippen molar-refractivity contribution < 1.29 is 14.3 Å². The Morgan fingerprint density at radius 3 is 2.44 bits per heavy atom. The molecule has 0 atom stereocenters. The SMILES string of the molecule is CC1CCN(C(=O)c2ccc(Oc3ccc(NC(=O)c4cccc(Cl)c4)cn3)cc2)CC1. The van der Waals surface area contributed by atoms with Gasteiger partial charge < -0.3 is 15.0 Å². The molecule has 1 aliphatic heterocycles. The van der Waals surface area contributed by atoms with Gasteiger partial charge >= 0.3 is 0 Å². The minimum absolute atomic E-state index is 0.0568. The lowest BCUT2D eigenvalue weighted by atomic mass is 9.98. The van der Waals surface area contributed by atoms with E-state index in [0.717, 1.165) is 25.9 Å². The van der Waals surface area contributed by atoms with Crippen molar-refractivity contribution in [2.75, 3.05) is 18.4 Å². The number of hydrogen-bond acceptors (Lipinski definition) is 4. The second-order valence-corrected chi connectivity index (χ2v) is 8.39. The van der Waals surface area contributed by atoms with Crippen LogP contribution >= 0.6 is 11.6 Å². The van der Waals surface area contributed by atoms with Crippen LogP contribution in [0.15, 0.2) is 66.9 Å². The van der Waals surface area contributed by atoms with Crippen LogP contribution in [0.5, 0.6) is 11.6 Å². The highest BCUT2D eigenvalue weighted by atomic mass is 35.5. The van der Waals surface area contributed by atoms with Crippen LogP contribution in [0.2, 0.25) is 5.02 Å². The van der Waals surface area contributed by atoms with Crippen molar-refractivity contribution >= 4 is 29.1 Å². The maximum absolute atomic E-state index is 12.7. The lowest BCUT2D eigenvalue weighted by molar-refractivity contribution is 0.0697. The van der Waals surface area contributed by atoms with E-state index >= 15 is 0 Å². The molecular formula is C25H24ClN3O3. The molecule has 2 aromatic carbocycles. The summed E-state index contributed by atoms with van der Waals surface area (Å²) in [5.41, 5.74) is 1.66. The summed E-state index contributed by atoms with van der Waals surface area (Å²) in [5.74, 6) is 1.43. The number of hydrogen-bond donors (Lipinski definition) is 1. The molecule has 164 valence electrons. The number of aromatic nitrogens is 1. The molecule has 0 bridgehead atoms. The van der Waals surface area contributed by atoms with E-state index in [1.807, 2.05) is 4.90 Å². The van der Waals surface area contributed by atoms with Gasteiger partial charge in [-0.05, 0) is 67.3 Å². The van der Waals surface area contributed by atoms with E-state index in [2.05, 4.69) is 17.2 Å². The highest BCUT2D eigenvalue weighted by molar-refractivity contribution is 6.31. The fraction of sp³-hybridized carbons (Fsp3) is 0.240. The van der Waals surface area contributed by atoms with E-state index in [1.54, 1.807) is 60.7 Å². The predicted octanol–water partition coefficient (Wildman–Crippen LogP) is 5.65. The van der Waals surface area contributed by atoms with Crippen molar-refractivity contribution in [2.45, 2.75) is 19.8 Å². The van der Waals surface area contributed by atoms with E-state index in [1.165, 1.54) is 6.20 Å². The molecule has 1 aromatic heterocycles. The lowest BCUT2D eigenvalue weighted by Crippen LogP contribution is -2.37.